The molecule has 0 aliphatic rings. The van der Waals surface area contributed by atoms with Gasteiger partial charge in [-0.2, -0.15) is 0 Å². The molecule has 0 aliphatic heterocycles. The van der Waals surface area contributed by atoms with Crippen molar-refractivity contribution in [3.63, 3.8) is 0 Å². The fourth-order valence-electron chi connectivity index (χ4n) is 1.87. The summed E-state index contributed by atoms with van der Waals surface area (Å²) in [6, 6.07) is 3.13. The number of nitrogens with zero attached hydrogens (tertiary/aromatic N) is 1. The Bertz CT molecular complexity index is 555. The van der Waals surface area contributed by atoms with Gasteiger partial charge in [-0.3, -0.25) is 14.9 Å². The quantitative estimate of drug-likeness (QED) is 0.449. The van der Waals surface area contributed by atoms with Gasteiger partial charge in [0.2, 0.25) is 5.91 Å². The van der Waals surface area contributed by atoms with Crippen LogP contribution in [0.25, 0.3) is 0 Å². The Balaban J connectivity index is 2.63. The predicted octanol–water partition coefficient (Wildman–Crippen LogP) is 1.57. The van der Waals surface area contributed by atoms with Crippen LogP contribution in [0.15, 0.2) is 12.1 Å². The SMILES string of the molecule is Cc1cc([N+](=O)[O-])c(C)cc1OCCCC(C)(N)C(N)=O. The topological polar surface area (TPSA) is 121 Å². The third-order valence-electron chi connectivity index (χ3n) is 3.35. The van der Waals surface area contributed by atoms with Crippen molar-refractivity contribution < 1.29 is 14.5 Å². The maximum absolute atomic E-state index is 11.1. The lowest BCUT2D eigenvalue weighted by molar-refractivity contribution is -0.385. The number of ether oxygens (including phenoxy) is 1. The van der Waals surface area contributed by atoms with E-state index in [1.807, 2.05) is 0 Å². The molecule has 0 spiro atoms. The monoisotopic (exact) mass is 295 g/mol. The molecule has 1 rings (SSSR count). The van der Waals surface area contributed by atoms with Crippen LogP contribution in [0, 0.1) is 24.0 Å². The Morgan fingerprint density at radius 3 is 2.52 bits per heavy atom. The molecule has 0 aromatic heterocycles. The van der Waals surface area contributed by atoms with Gasteiger partial charge in [0.1, 0.15) is 5.75 Å². The van der Waals surface area contributed by atoms with E-state index in [-0.39, 0.29) is 5.69 Å². The third kappa shape index (κ3) is 4.42. The summed E-state index contributed by atoms with van der Waals surface area (Å²) in [4.78, 5) is 21.5. The van der Waals surface area contributed by atoms with E-state index >= 15 is 0 Å². The van der Waals surface area contributed by atoms with Crippen LogP contribution in [0.2, 0.25) is 0 Å². The van der Waals surface area contributed by atoms with E-state index < -0.39 is 16.4 Å². The van der Waals surface area contributed by atoms with Gasteiger partial charge in [0.05, 0.1) is 17.1 Å². The summed E-state index contributed by atoms with van der Waals surface area (Å²) < 4.78 is 5.60. The molecule has 0 radical (unpaired) electrons. The van der Waals surface area contributed by atoms with Crippen molar-refractivity contribution in [2.75, 3.05) is 6.61 Å². The molecular formula is C14H21N3O4. The van der Waals surface area contributed by atoms with Crippen molar-refractivity contribution in [2.24, 2.45) is 11.5 Å². The van der Waals surface area contributed by atoms with E-state index in [0.717, 1.165) is 0 Å². The molecule has 1 aromatic carbocycles. The molecule has 21 heavy (non-hydrogen) atoms. The van der Waals surface area contributed by atoms with Gasteiger partial charge in [-0.15, -0.1) is 0 Å². The minimum atomic E-state index is -1.05. The first-order valence-electron chi connectivity index (χ1n) is 6.62. The van der Waals surface area contributed by atoms with Crippen LogP contribution in [-0.4, -0.2) is 23.0 Å². The molecule has 0 saturated carbocycles. The smallest absolute Gasteiger partial charge is 0.272 e. The zero-order valence-corrected chi connectivity index (χ0v) is 12.5. The minimum absolute atomic E-state index is 0.0723. The van der Waals surface area contributed by atoms with Crippen LogP contribution in [-0.2, 0) is 4.79 Å². The van der Waals surface area contributed by atoms with E-state index in [9.17, 15) is 14.9 Å². The number of amides is 1. The van der Waals surface area contributed by atoms with Crippen LogP contribution in [0.1, 0.15) is 30.9 Å². The van der Waals surface area contributed by atoms with Gasteiger partial charge in [-0.1, -0.05) is 0 Å². The normalized spacial score (nSPS) is 13.5. The summed E-state index contributed by atoms with van der Waals surface area (Å²) in [6.45, 7) is 5.35. The first-order chi connectivity index (χ1) is 9.65. The standard InChI is InChI=1S/C14H21N3O4/c1-9-8-12(10(2)7-11(9)17(19)20)21-6-4-5-14(3,16)13(15)18/h7-8H,4-6,16H2,1-3H3,(H2,15,18). The summed E-state index contributed by atoms with van der Waals surface area (Å²) in [5, 5.41) is 10.8. The zero-order valence-electron chi connectivity index (χ0n) is 12.5. The number of benzene rings is 1. The molecule has 7 nitrogen and oxygen atoms in total. The Morgan fingerprint density at radius 1 is 1.38 bits per heavy atom. The third-order valence-corrected chi connectivity index (χ3v) is 3.35. The van der Waals surface area contributed by atoms with E-state index in [2.05, 4.69) is 0 Å². The van der Waals surface area contributed by atoms with Crippen LogP contribution in [0.3, 0.4) is 0 Å². The predicted molar refractivity (Wildman–Crippen MR) is 79.1 cm³/mol. The molecule has 1 aromatic rings. The number of carbonyl (C=O) groups is 1. The van der Waals surface area contributed by atoms with Crippen LogP contribution >= 0.6 is 0 Å². The van der Waals surface area contributed by atoms with Crippen molar-refractivity contribution in [2.45, 2.75) is 39.2 Å². The fourth-order valence-corrected chi connectivity index (χ4v) is 1.87. The lowest BCUT2D eigenvalue weighted by atomic mass is 9.97. The highest BCUT2D eigenvalue weighted by atomic mass is 16.6. The van der Waals surface area contributed by atoms with Gasteiger partial charge < -0.3 is 16.2 Å². The molecule has 116 valence electrons. The summed E-state index contributed by atoms with van der Waals surface area (Å²) in [5.41, 5.74) is 11.2. The lowest BCUT2D eigenvalue weighted by Crippen LogP contribution is -2.49. The van der Waals surface area contributed by atoms with Gasteiger partial charge in [0.25, 0.3) is 5.69 Å². The first-order valence-corrected chi connectivity index (χ1v) is 6.62. The van der Waals surface area contributed by atoms with E-state index in [4.69, 9.17) is 16.2 Å². The number of hydrogen-bond donors (Lipinski definition) is 2. The van der Waals surface area contributed by atoms with E-state index in [1.54, 1.807) is 26.8 Å². The van der Waals surface area contributed by atoms with E-state index in [0.29, 0.717) is 36.3 Å². The molecule has 7 heteroatoms. The zero-order chi connectivity index (χ0) is 16.2. The molecule has 1 atom stereocenters. The largest absolute Gasteiger partial charge is 0.493 e. The molecule has 4 N–H and O–H groups in total. The summed E-state index contributed by atoms with van der Waals surface area (Å²) in [5.74, 6) is 0.0424. The Morgan fingerprint density at radius 2 is 2.00 bits per heavy atom. The minimum Gasteiger partial charge on any atom is -0.493 e. The number of carbonyl (C=O) groups excluding carboxylic acids is 1. The average molecular weight is 295 g/mol. The maximum atomic E-state index is 11.1. The van der Waals surface area contributed by atoms with Gasteiger partial charge in [0, 0.05) is 11.6 Å². The number of nitro benzene ring substituents is 1. The Kier molecular flexibility index (Phi) is 5.26. The van der Waals surface area contributed by atoms with Crippen molar-refractivity contribution >= 4 is 11.6 Å². The second-order valence-electron chi connectivity index (χ2n) is 5.40. The van der Waals surface area contributed by atoms with Crippen molar-refractivity contribution in [3.8, 4) is 5.75 Å². The Labute approximate surface area is 123 Å². The molecule has 0 bridgehead atoms. The van der Waals surface area contributed by atoms with E-state index in [1.165, 1.54) is 6.07 Å². The highest BCUT2D eigenvalue weighted by Crippen LogP contribution is 2.27. The number of primary amides is 1. The molecule has 0 fully saturated rings. The van der Waals surface area contributed by atoms with Crippen molar-refractivity contribution in [1.29, 1.82) is 0 Å². The van der Waals surface area contributed by atoms with Crippen LogP contribution < -0.4 is 16.2 Å². The molecule has 1 unspecified atom stereocenters. The maximum Gasteiger partial charge on any atom is 0.272 e. The number of nitro groups is 1. The molecule has 0 heterocycles. The number of hydrogen-bond acceptors (Lipinski definition) is 5. The molecular weight excluding hydrogens is 274 g/mol. The van der Waals surface area contributed by atoms with Crippen molar-refractivity contribution in [3.05, 3.63) is 33.4 Å². The van der Waals surface area contributed by atoms with Crippen LogP contribution in [0.5, 0.6) is 5.75 Å². The molecule has 0 aliphatic carbocycles. The van der Waals surface area contributed by atoms with Crippen LogP contribution in [0.4, 0.5) is 5.69 Å². The number of nitrogens with two attached hydrogens (primary N) is 2. The van der Waals surface area contributed by atoms with Gasteiger partial charge in [-0.25, -0.2) is 0 Å². The number of aryl methyl sites for hydroxylation is 2. The van der Waals surface area contributed by atoms with Crippen molar-refractivity contribution in [1.82, 2.24) is 0 Å². The van der Waals surface area contributed by atoms with Gasteiger partial charge in [0.15, 0.2) is 0 Å². The second kappa shape index (κ2) is 6.53. The highest BCUT2D eigenvalue weighted by Gasteiger charge is 2.24. The summed E-state index contributed by atoms with van der Waals surface area (Å²) >= 11 is 0. The molecule has 1 amide bonds. The van der Waals surface area contributed by atoms with Gasteiger partial charge in [-0.05, 0) is 45.2 Å². The van der Waals surface area contributed by atoms with Gasteiger partial charge >= 0.3 is 0 Å². The average Bonchev–Trinajstić information content (AvgIpc) is 2.37. The summed E-state index contributed by atoms with van der Waals surface area (Å²) in [6.07, 6.45) is 0.971. The fraction of sp³-hybridized carbons (Fsp3) is 0.500. The number of rotatable bonds is 7. The second-order valence-corrected chi connectivity index (χ2v) is 5.40. The first kappa shape index (κ1) is 16.9. The summed E-state index contributed by atoms with van der Waals surface area (Å²) in [7, 11) is 0. The highest BCUT2D eigenvalue weighted by molar-refractivity contribution is 5.83. The lowest BCUT2D eigenvalue weighted by Gasteiger charge is -2.20. The molecule has 0 saturated heterocycles. The Hall–Kier alpha value is -2.15.